The summed E-state index contributed by atoms with van der Waals surface area (Å²) < 4.78 is 0. The smallest absolute Gasteiger partial charge is 0.254 e. The van der Waals surface area contributed by atoms with Crippen LogP contribution in [0.2, 0.25) is 0 Å². The molecule has 1 amide bonds. The largest absolute Gasteiger partial charge is 0.272 e. The maximum absolute atomic E-state index is 10.8. The Morgan fingerprint density at radius 3 is 2.87 bits per heavy atom. The number of carbonyl (C=O) groups is 1. The molecule has 0 saturated carbocycles. The van der Waals surface area contributed by atoms with Gasteiger partial charge in [0.25, 0.3) is 5.91 Å². The number of hydrazone groups is 1. The summed E-state index contributed by atoms with van der Waals surface area (Å²) >= 11 is 0. The Morgan fingerprint density at radius 2 is 2.20 bits per heavy atom. The minimum Gasteiger partial charge on any atom is -0.272 e. The molecule has 0 atom stereocenters. The molecule has 1 rings (SSSR count). The van der Waals surface area contributed by atoms with Crippen molar-refractivity contribution in [2.24, 2.45) is 5.10 Å². The van der Waals surface area contributed by atoms with E-state index in [0.29, 0.717) is 6.42 Å². The van der Waals surface area contributed by atoms with Crippen LogP contribution in [0.3, 0.4) is 0 Å². The number of amides is 1. The zero-order valence-electron chi connectivity index (χ0n) is 8.18. The van der Waals surface area contributed by atoms with Gasteiger partial charge in [0.2, 0.25) is 0 Å². The molecule has 4 heteroatoms. The van der Waals surface area contributed by atoms with E-state index >= 15 is 0 Å². The molecular weight excluding hydrogens is 190 g/mol. The first-order valence-corrected chi connectivity index (χ1v) is 4.54. The third-order valence-electron chi connectivity index (χ3n) is 1.69. The average Bonchev–Trinajstić information content (AvgIpc) is 2.26. The number of benzene rings is 1. The molecule has 0 aliphatic rings. The summed E-state index contributed by atoms with van der Waals surface area (Å²) in [7, 11) is 0. The molecule has 0 unspecified atom stereocenters. The Bertz CT molecular complexity index is 379. The highest BCUT2D eigenvalue weighted by atomic mass is 16.2. The van der Waals surface area contributed by atoms with Gasteiger partial charge in [-0.25, -0.2) is 5.43 Å². The number of hydrogen-bond acceptors (Lipinski definition) is 3. The molecule has 1 aromatic rings. The Morgan fingerprint density at radius 1 is 1.47 bits per heavy atom. The molecule has 0 bridgehead atoms. The van der Waals surface area contributed by atoms with E-state index in [0.717, 1.165) is 5.56 Å². The standard InChI is InChI=1S/C11H11N3O/c12-8-6-11(15)14-13-9-7-10-4-2-1-3-5-10/h1-5,9H,6-7H2,(H,14,15)/b13-9-. The first-order chi connectivity index (χ1) is 7.33. The summed E-state index contributed by atoms with van der Waals surface area (Å²) in [5, 5.41) is 11.9. The van der Waals surface area contributed by atoms with Crippen LogP contribution in [0.5, 0.6) is 0 Å². The van der Waals surface area contributed by atoms with E-state index in [-0.39, 0.29) is 12.3 Å². The second kappa shape index (κ2) is 6.33. The zero-order chi connectivity index (χ0) is 10.9. The van der Waals surface area contributed by atoms with Gasteiger partial charge in [-0.15, -0.1) is 0 Å². The summed E-state index contributed by atoms with van der Waals surface area (Å²) in [5.41, 5.74) is 3.38. The number of rotatable bonds is 4. The lowest BCUT2D eigenvalue weighted by molar-refractivity contribution is -0.120. The highest BCUT2D eigenvalue weighted by molar-refractivity contribution is 5.78. The van der Waals surface area contributed by atoms with Crippen LogP contribution >= 0.6 is 0 Å². The molecule has 0 aromatic heterocycles. The summed E-state index contributed by atoms with van der Waals surface area (Å²) in [6.07, 6.45) is 2.10. The molecule has 0 spiro atoms. The van der Waals surface area contributed by atoms with Gasteiger partial charge in [-0.3, -0.25) is 4.79 Å². The van der Waals surface area contributed by atoms with Gasteiger partial charge in [0, 0.05) is 12.6 Å². The van der Waals surface area contributed by atoms with E-state index in [2.05, 4.69) is 10.5 Å². The number of hydrogen-bond donors (Lipinski definition) is 1. The fourth-order valence-corrected chi connectivity index (χ4v) is 0.994. The minimum atomic E-state index is -0.387. The lowest BCUT2D eigenvalue weighted by Crippen LogP contribution is -2.16. The molecule has 0 saturated heterocycles. The van der Waals surface area contributed by atoms with Crippen molar-refractivity contribution in [2.75, 3.05) is 0 Å². The predicted molar refractivity (Wildman–Crippen MR) is 57.0 cm³/mol. The highest BCUT2D eigenvalue weighted by Crippen LogP contribution is 1.96. The molecule has 76 valence electrons. The number of nitriles is 1. The van der Waals surface area contributed by atoms with Crippen molar-refractivity contribution in [1.82, 2.24) is 5.43 Å². The Kier molecular flexibility index (Phi) is 4.61. The Balaban J connectivity index is 2.29. The summed E-state index contributed by atoms with van der Waals surface area (Å²) in [5.74, 6) is -0.387. The van der Waals surface area contributed by atoms with Crippen LogP contribution < -0.4 is 5.43 Å². The van der Waals surface area contributed by atoms with Gasteiger partial charge < -0.3 is 0 Å². The second-order valence-electron chi connectivity index (χ2n) is 2.87. The Labute approximate surface area is 88.2 Å². The maximum Gasteiger partial charge on any atom is 0.254 e. The lowest BCUT2D eigenvalue weighted by Gasteiger charge is -1.94. The fraction of sp³-hybridized carbons (Fsp3) is 0.182. The van der Waals surface area contributed by atoms with Crippen molar-refractivity contribution < 1.29 is 4.79 Å². The van der Waals surface area contributed by atoms with Crippen LogP contribution in [0.1, 0.15) is 12.0 Å². The quantitative estimate of drug-likeness (QED) is 0.588. The molecule has 0 aliphatic carbocycles. The van der Waals surface area contributed by atoms with Crippen molar-refractivity contribution >= 4 is 12.1 Å². The van der Waals surface area contributed by atoms with Gasteiger partial charge in [0.05, 0.1) is 6.07 Å². The molecule has 1 N–H and O–H groups in total. The fourth-order valence-electron chi connectivity index (χ4n) is 0.994. The van der Waals surface area contributed by atoms with E-state index in [1.54, 1.807) is 12.3 Å². The summed E-state index contributed by atoms with van der Waals surface area (Å²) in [4.78, 5) is 10.8. The second-order valence-corrected chi connectivity index (χ2v) is 2.87. The number of carbonyl (C=O) groups excluding carboxylic acids is 1. The lowest BCUT2D eigenvalue weighted by atomic mass is 10.2. The third-order valence-corrected chi connectivity index (χ3v) is 1.69. The average molecular weight is 201 g/mol. The van der Waals surface area contributed by atoms with Crippen molar-refractivity contribution in [2.45, 2.75) is 12.8 Å². The highest BCUT2D eigenvalue weighted by Gasteiger charge is 1.94. The Hall–Kier alpha value is -2.15. The summed E-state index contributed by atoms with van der Waals surface area (Å²) in [6, 6.07) is 11.5. The maximum atomic E-state index is 10.8. The molecule has 0 heterocycles. The van der Waals surface area contributed by atoms with E-state index < -0.39 is 0 Å². The molecule has 4 nitrogen and oxygen atoms in total. The van der Waals surface area contributed by atoms with Gasteiger partial charge in [-0.05, 0) is 5.56 Å². The molecular formula is C11H11N3O. The van der Waals surface area contributed by atoms with Crippen LogP contribution in [0.4, 0.5) is 0 Å². The van der Waals surface area contributed by atoms with E-state index in [4.69, 9.17) is 5.26 Å². The first-order valence-electron chi connectivity index (χ1n) is 4.54. The minimum absolute atomic E-state index is 0.164. The third kappa shape index (κ3) is 4.58. The monoisotopic (exact) mass is 201 g/mol. The normalized spacial score (nSPS) is 9.80. The van der Waals surface area contributed by atoms with E-state index in [9.17, 15) is 4.79 Å². The van der Waals surface area contributed by atoms with Gasteiger partial charge in [0.1, 0.15) is 6.42 Å². The molecule has 0 aliphatic heterocycles. The molecule has 1 aromatic carbocycles. The van der Waals surface area contributed by atoms with Gasteiger partial charge in [0.15, 0.2) is 0 Å². The van der Waals surface area contributed by atoms with E-state index in [1.165, 1.54) is 0 Å². The van der Waals surface area contributed by atoms with Crippen molar-refractivity contribution in [3.05, 3.63) is 35.9 Å². The van der Waals surface area contributed by atoms with Crippen molar-refractivity contribution in [1.29, 1.82) is 5.26 Å². The molecule has 0 fully saturated rings. The SMILES string of the molecule is N#CCC(=O)N/N=C\Cc1ccccc1. The summed E-state index contributed by atoms with van der Waals surface area (Å²) in [6.45, 7) is 0. The van der Waals surface area contributed by atoms with Crippen LogP contribution in [0, 0.1) is 11.3 Å². The zero-order valence-corrected chi connectivity index (χ0v) is 8.18. The van der Waals surface area contributed by atoms with Crippen LogP contribution in [0.15, 0.2) is 35.4 Å². The van der Waals surface area contributed by atoms with Gasteiger partial charge in [-0.1, -0.05) is 30.3 Å². The van der Waals surface area contributed by atoms with Gasteiger partial charge >= 0.3 is 0 Å². The number of nitrogens with zero attached hydrogens (tertiary/aromatic N) is 2. The van der Waals surface area contributed by atoms with E-state index in [1.807, 2.05) is 30.3 Å². The van der Waals surface area contributed by atoms with Crippen LogP contribution in [0.25, 0.3) is 0 Å². The van der Waals surface area contributed by atoms with Crippen molar-refractivity contribution in [3.8, 4) is 6.07 Å². The first kappa shape index (κ1) is 10.9. The van der Waals surface area contributed by atoms with Crippen LogP contribution in [-0.4, -0.2) is 12.1 Å². The predicted octanol–water partition coefficient (Wildman–Crippen LogP) is 1.24. The van der Waals surface area contributed by atoms with Gasteiger partial charge in [-0.2, -0.15) is 10.4 Å². The van der Waals surface area contributed by atoms with Crippen LogP contribution in [-0.2, 0) is 11.2 Å². The number of nitrogens with one attached hydrogen (secondary N) is 1. The topological polar surface area (TPSA) is 65.2 Å². The van der Waals surface area contributed by atoms with Crippen molar-refractivity contribution in [3.63, 3.8) is 0 Å². The molecule has 0 radical (unpaired) electrons. The molecule has 15 heavy (non-hydrogen) atoms.